The van der Waals surface area contributed by atoms with Gasteiger partial charge in [0.25, 0.3) is 0 Å². The minimum atomic E-state index is -1.42. The van der Waals surface area contributed by atoms with Gasteiger partial charge in [-0.3, -0.25) is 24.0 Å². The van der Waals surface area contributed by atoms with E-state index in [1.54, 1.807) is 0 Å². The maximum absolute atomic E-state index is 11.5. The summed E-state index contributed by atoms with van der Waals surface area (Å²) in [5, 5.41) is 0. The molecule has 1 aliphatic heterocycles. The Balaban J connectivity index is 3.20. The van der Waals surface area contributed by atoms with Gasteiger partial charge in [-0.05, 0) is 0 Å². The van der Waals surface area contributed by atoms with Crippen LogP contribution in [0.25, 0.3) is 0 Å². The van der Waals surface area contributed by atoms with Crippen LogP contribution in [0.4, 0.5) is 0 Å². The molecule has 0 saturated carbocycles. The summed E-state index contributed by atoms with van der Waals surface area (Å²) < 4.78 is 30.7. The Kier molecular flexibility index (Phi) is 8.16. The van der Waals surface area contributed by atoms with Crippen molar-refractivity contribution in [1.82, 2.24) is 0 Å². The third-order valence-electron chi connectivity index (χ3n) is 3.23. The molecule has 1 fully saturated rings. The van der Waals surface area contributed by atoms with Gasteiger partial charge in [0.05, 0.1) is 0 Å². The molecule has 11 nitrogen and oxygen atoms in total. The highest BCUT2D eigenvalue weighted by Gasteiger charge is 2.55. The Morgan fingerprint density at radius 2 is 1.26 bits per heavy atom. The van der Waals surface area contributed by atoms with Gasteiger partial charge in [0, 0.05) is 34.6 Å². The SMILES string of the molecule is CC(=O)OC[C@@H](OC(C)=O)[C@H]1O[C@@H](OC(C)=O)[C@H](OC(C)=O)[C@@H]1OC(C)=O. The van der Waals surface area contributed by atoms with Gasteiger partial charge in [-0.25, -0.2) is 0 Å². The average molecular weight is 390 g/mol. The number of esters is 5. The first kappa shape index (κ1) is 22.4. The van der Waals surface area contributed by atoms with Gasteiger partial charge < -0.3 is 28.4 Å². The zero-order valence-corrected chi connectivity index (χ0v) is 15.6. The van der Waals surface area contributed by atoms with Crippen molar-refractivity contribution in [3.63, 3.8) is 0 Å². The first-order valence-corrected chi connectivity index (χ1v) is 7.99. The van der Waals surface area contributed by atoms with Crippen LogP contribution in [0, 0.1) is 0 Å². The van der Waals surface area contributed by atoms with Gasteiger partial charge in [-0.1, -0.05) is 0 Å². The molecule has 27 heavy (non-hydrogen) atoms. The van der Waals surface area contributed by atoms with Gasteiger partial charge in [0.15, 0.2) is 12.2 Å². The average Bonchev–Trinajstić information content (AvgIpc) is 2.79. The van der Waals surface area contributed by atoms with E-state index in [9.17, 15) is 24.0 Å². The molecule has 0 amide bonds. The Hall–Kier alpha value is -2.69. The van der Waals surface area contributed by atoms with Crippen molar-refractivity contribution in [3.8, 4) is 0 Å². The van der Waals surface area contributed by atoms with Gasteiger partial charge >= 0.3 is 29.8 Å². The first-order valence-electron chi connectivity index (χ1n) is 7.99. The summed E-state index contributed by atoms with van der Waals surface area (Å²) in [5.41, 5.74) is 0. The number of carbonyl (C=O) groups is 5. The van der Waals surface area contributed by atoms with E-state index in [1.165, 1.54) is 0 Å². The third kappa shape index (κ3) is 7.21. The van der Waals surface area contributed by atoms with Crippen LogP contribution in [0.5, 0.6) is 0 Å². The maximum Gasteiger partial charge on any atom is 0.305 e. The van der Waals surface area contributed by atoms with E-state index >= 15 is 0 Å². The fourth-order valence-electron chi connectivity index (χ4n) is 2.46. The van der Waals surface area contributed by atoms with E-state index in [0.717, 1.165) is 34.6 Å². The summed E-state index contributed by atoms with van der Waals surface area (Å²) in [6.45, 7) is 5.15. The van der Waals surface area contributed by atoms with Crippen LogP contribution in [0.1, 0.15) is 34.6 Å². The van der Waals surface area contributed by atoms with E-state index in [1.807, 2.05) is 0 Å². The Morgan fingerprint density at radius 3 is 1.70 bits per heavy atom. The molecule has 0 unspecified atom stereocenters. The number of hydrogen-bond donors (Lipinski definition) is 0. The zero-order chi connectivity index (χ0) is 20.7. The molecule has 1 aliphatic rings. The summed E-state index contributed by atoms with van der Waals surface area (Å²) >= 11 is 0. The molecule has 11 heteroatoms. The molecule has 1 heterocycles. The minimum Gasteiger partial charge on any atom is -0.462 e. The summed E-state index contributed by atoms with van der Waals surface area (Å²) in [6, 6.07) is 0. The van der Waals surface area contributed by atoms with Crippen LogP contribution in [0.3, 0.4) is 0 Å². The lowest BCUT2D eigenvalue weighted by molar-refractivity contribution is -0.203. The van der Waals surface area contributed by atoms with Crippen LogP contribution < -0.4 is 0 Å². The molecule has 0 aromatic rings. The van der Waals surface area contributed by atoms with E-state index in [2.05, 4.69) is 0 Å². The molecular weight excluding hydrogens is 368 g/mol. The molecule has 0 aliphatic carbocycles. The van der Waals surface area contributed by atoms with Gasteiger partial charge in [0.2, 0.25) is 12.4 Å². The standard InChI is InChI=1S/C16H22O11/c1-7(17)22-6-12(23-8(2)18)13-14(24-9(3)19)15(25-10(4)20)16(27-13)26-11(5)21/h12-16H,6H2,1-5H3/t12-,13-,14-,15-,16-/m1/s1. The minimum absolute atomic E-state index is 0.420. The summed E-state index contributed by atoms with van der Waals surface area (Å²) in [4.78, 5) is 56.7. The van der Waals surface area contributed by atoms with Crippen LogP contribution in [0.15, 0.2) is 0 Å². The van der Waals surface area contributed by atoms with Crippen LogP contribution in [-0.4, -0.2) is 67.2 Å². The highest BCUT2D eigenvalue weighted by Crippen LogP contribution is 2.31. The van der Waals surface area contributed by atoms with Crippen LogP contribution in [0.2, 0.25) is 0 Å². The molecule has 0 aromatic carbocycles. The fourth-order valence-corrected chi connectivity index (χ4v) is 2.46. The fraction of sp³-hybridized carbons (Fsp3) is 0.688. The van der Waals surface area contributed by atoms with E-state index < -0.39 is 67.2 Å². The lowest BCUT2D eigenvalue weighted by Crippen LogP contribution is -2.46. The lowest BCUT2D eigenvalue weighted by Gasteiger charge is -2.27. The second-order valence-electron chi connectivity index (χ2n) is 5.68. The Labute approximate surface area is 155 Å². The molecule has 152 valence electrons. The second kappa shape index (κ2) is 9.86. The molecule has 0 bridgehead atoms. The first-order chi connectivity index (χ1) is 12.5. The number of rotatable bonds is 7. The van der Waals surface area contributed by atoms with Crippen molar-refractivity contribution in [2.45, 2.75) is 65.3 Å². The summed E-state index contributed by atoms with van der Waals surface area (Å²) in [7, 11) is 0. The summed E-state index contributed by atoms with van der Waals surface area (Å²) in [5.74, 6) is -3.62. The van der Waals surface area contributed by atoms with Crippen molar-refractivity contribution < 1.29 is 52.4 Å². The molecule has 0 N–H and O–H groups in total. The van der Waals surface area contributed by atoms with Gasteiger partial charge in [-0.15, -0.1) is 0 Å². The molecular formula is C16H22O11. The highest BCUT2D eigenvalue weighted by molar-refractivity contribution is 5.69. The largest absolute Gasteiger partial charge is 0.462 e. The van der Waals surface area contributed by atoms with Crippen molar-refractivity contribution in [2.75, 3.05) is 6.61 Å². The normalized spacial score (nSPS) is 25.1. The lowest BCUT2D eigenvalue weighted by atomic mass is 10.1. The topological polar surface area (TPSA) is 141 Å². The maximum atomic E-state index is 11.5. The Morgan fingerprint density at radius 1 is 0.741 bits per heavy atom. The van der Waals surface area contributed by atoms with E-state index in [4.69, 9.17) is 28.4 Å². The van der Waals surface area contributed by atoms with Crippen molar-refractivity contribution in [1.29, 1.82) is 0 Å². The predicted molar refractivity (Wildman–Crippen MR) is 83.7 cm³/mol. The van der Waals surface area contributed by atoms with E-state index in [-0.39, 0.29) is 0 Å². The monoisotopic (exact) mass is 390 g/mol. The van der Waals surface area contributed by atoms with Crippen LogP contribution >= 0.6 is 0 Å². The quantitative estimate of drug-likeness (QED) is 0.415. The summed E-state index contributed by atoms with van der Waals surface area (Å²) in [6.07, 6.45) is -6.46. The Bertz CT molecular complexity index is 599. The van der Waals surface area contributed by atoms with Crippen molar-refractivity contribution in [2.24, 2.45) is 0 Å². The molecule has 0 aromatic heterocycles. The second-order valence-corrected chi connectivity index (χ2v) is 5.68. The molecule has 1 saturated heterocycles. The number of hydrogen-bond acceptors (Lipinski definition) is 11. The van der Waals surface area contributed by atoms with Crippen LogP contribution in [-0.2, 0) is 52.4 Å². The van der Waals surface area contributed by atoms with E-state index in [0.29, 0.717) is 0 Å². The molecule has 0 radical (unpaired) electrons. The number of carbonyl (C=O) groups excluding carboxylic acids is 5. The molecule has 0 spiro atoms. The molecule has 5 atom stereocenters. The van der Waals surface area contributed by atoms with Crippen molar-refractivity contribution in [3.05, 3.63) is 0 Å². The smallest absolute Gasteiger partial charge is 0.305 e. The molecule has 1 rings (SSSR count). The van der Waals surface area contributed by atoms with Gasteiger partial charge in [-0.2, -0.15) is 0 Å². The number of ether oxygens (including phenoxy) is 6. The van der Waals surface area contributed by atoms with Crippen molar-refractivity contribution >= 4 is 29.8 Å². The van der Waals surface area contributed by atoms with Gasteiger partial charge in [0.1, 0.15) is 12.7 Å². The predicted octanol–water partition coefficient (Wildman–Crippen LogP) is -0.367. The highest BCUT2D eigenvalue weighted by atomic mass is 16.8. The zero-order valence-electron chi connectivity index (χ0n) is 15.6. The third-order valence-corrected chi connectivity index (χ3v) is 3.23.